The van der Waals surface area contributed by atoms with Gasteiger partial charge in [0.05, 0.1) is 5.69 Å². The first-order valence-corrected chi connectivity index (χ1v) is 9.55. The molecule has 0 unspecified atom stereocenters. The molecule has 23 heavy (non-hydrogen) atoms. The van der Waals surface area contributed by atoms with Gasteiger partial charge in [-0.1, -0.05) is 53.9 Å². The first kappa shape index (κ1) is 18.2. The summed E-state index contributed by atoms with van der Waals surface area (Å²) in [5.41, 5.74) is 7.13. The molecule has 1 aromatic heterocycles. The van der Waals surface area contributed by atoms with Gasteiger partial charge in [-0.05, 0) is 24.7 Å². The molecule has 0 aliphatic heterocycles. The lowest BCUT2D eigenvalue weighted by atomic mass is 9.67. The third kappa shape index (κ3) is 4.25. The molecular weight excluding hydrogens is 306 g/mol. The number of nitrogens with two attached hydrogens (primary N) is 1. The van der Waals surface area contributed by atoms with E-state index in [0.29, 0.717) is 6.54 Å². The topological polar surface area (TPSA) is 59.2 Å². The van der Waals surface area contributed by atoms with Crippen LogP contribution in [0.2, 0.25) is 0 Å². The molecule has 2 N–H and O–H groups in total. The monoisotopic (exact) mass is 337 g/mol. The first-order valence-electron chi connectivity index (χ1n) is 8.73. The zero-order chi connectivity index (χ0) is 17.3. The molecule has 0 fully saturated rings. The van der Waals surface area contributed by atoms with Crippen molar-refractivity contribution >= 4 is 22.5 Å². The van der Waals surface area contributed by atoms with Gasteiger partial charge in [0.2, 0.25) is 0 Å². The molecule has 0 saturated carbocycles. The van der Waals surface area contributed by atoms with Crippen LogP contribution < -0.4 is 10.6 Å². The summed E-state index contributed by atoms with van der Waals surface area (Å²) in [4.78, 5) is 19.7. The lowest BCUT2D eigenvalue weighted by Crippen LogP contribution is -2.36. The number of urea groups is 1. The molecular formula is C18H31N3OS. The average molecular weight is 338 g/mol. The fraction of sp³-hybridized carbons (Fsp3) is 0.778. The number of rotatable bonds is 6. The fourth-order valence-corrected chi connectivity index (χ4v) is 5.11. The zero-order valence-electron chi connectivity index (χ0n) is 15.2. The van der Waals surface area contributed by atoms with Crippen molar-refractivity contribution in [2.75, 3.05) is 11.4 Å². The van der Waals surface area contributed by atoms with E-state index in [4.69, 9.17) is 10.7 Å². The van der Waals surface area contributed by atoms with Crippen molar-refractivity contribution in [1.82, 2.24) is 4.98 Å². The van der Waals surface area contributed by atoms with Crippen LogP contribution in [-0.4, -0.2) is 17.6 Å². The van der Waals surface area contributed by atoms with E-state index in [1.54, 1.807) is 16.2 Å². The predicted molar refractivity (Wildman–Crippen MR) is 98.3 cm³/mol. The lowest BCUT2D eigenvalue weighted by Gasteiger charge is -2.39. The Morgan fingerprint density at radius 2 is 1.96 bits per heavy atom. The molecule has 0 bridgehead atoms. The van der Waals surface area contributed by atoms with Gasteiger partial charge in [-0.15, -0.1) is 11.3 Å². The smallest absolute Gasteiger partial charge is 0.321 e. The minimum atomic E-state index is -0.385. The van der Waals surface area contributed by atoms with Crippen LogP contribution in [0.15, 0.2) is 0 Å². The van der Waals surface area contributed by atoms with Crippen molar-refractivity contribution < 1.29 is 4.79 Å². The van der Waals surface area contributed by atoms with Gasteiger partial charge in [-0.2, -0.15) is 0 Å². The number of hydrogen-bond donors (Lipinski definition) is 1. The van der Waals surface area contributed by atoms with E-state index in [-0.39, 0.29) is 16.9 Å². The van der Waals surface area contributed by atoms with Gasteiger partial charge < -0.3 is 5.73 Å². The normalized spacial score (nSPS) is 18.5. The summed E-state index contributed by atoms with van der Waals surface area (Å²) in [6, 6.07) is -0.385. The molecule has 0 aromatic carbocycles. The van der Waals surface area contributed by atoms with Crippen molar-refractivity contribution in [3.8, 4) is 0 Å². The molecule has 2 amide bonds. The molecule has 1 aromatic rings. The van der Waals surface area contributed by atoms with Gasteiger partial charge in [0.25, 0.3) is 0 Å². The Hall–Kier alpha value is -1.10. The number of hydrogen-bond acceptors (Lipinski definition) is 3. The van der Waals surface area contributed by atoms with Gasteiger partial charge >= 0.3 is 6.03 Å². The number of nitrogens with zero attached hydrogens (tertiary/aromatic N) is 2. The lowest BCUT2D eigenvalue weighted by molar-refractivity contribution is 0.232. The molecule has 0 atom stereocenters. The average Bonchev–Trinajstić information content (AvgIpc) is 2.80. The zero-order valence-corrected chi connectivity index (χ0v) is 16.1. The van der Waals surface area contributed by atoms with Crippen molar-refractivity contribution in [2.24, 2.45) is 11.1 Å². The van der Waals surface area contributed by atoms with E-state index in [9.17, 15) is 4.79 Å². The predicted octanol–water partition coefficient (Wildman–Crippen LogP) is 4.86. The fourth-order valence-electron chi connectivity index (χ4n) is 3.89. The van der Waals surface area contributed by atoms with Crippen LogP contribution in [0, 0.1) is 5.41 Å². The van der Waals surface area contributed by atoms with Crippen LogP contribution in [0.1, 0.15) is 77.3 Å². The number of fused-ring (bicyclic) bond motifs is 1. The molecule has 0 saturated heterocycles. The number of primary amides is 1. The number of amides is 2. The maximum absolute atomic E-state index is 11.9. The second-order valence-electron chi connectivity index (χ2n) is 8.22. The molecule has 1 aliphatic rings. The van der Waals surface area contributed by atoms with E-state index in [2.05, 4.69) is 34.6 Å². The van der Waals surface area contributed by atoms with Crippen molar-refractivity contribution in [2.45, 2.75) is 78.6 Å². The van der Waals surface area contributed by atoms with Gasteiger partial charge in [0.15, 0.2) is 5.13 Å². The summed E-state index contributed by atoms with van der Waals surface area (Å²) in [6.07, 6.45) is 6.61. The molecule has 2 rings (SSSR count). The second kappa shape index (κ2) is 6.80. The molecule has 4 nitrogen and oxygen atoms in total. The van der Waals surface area contributed by atoms with Crippen LogP contribution in [0.3, 0.4) is 0 Å². The van der Waals surface area contributed by atoms with Gasteiger partial charge in [0.1, 0.15) is 0 Å². The van der Waals surface area contributed by atoms with Crippen molar-refractivity contribution in [3.63, 3.8) is 0 Å². The highest BCUT2D eigenvalue weighted by atomic mass is 32.1. The highest BCUT2D eigenvalue weighted by Gasteiger charge is 2.40. The van der Waals surface area contributed by atoms with E-state index in [0.717, 1.165) is 36.5 Å². The number of carbonyl (C=O) groups is 1. The first-order chi connectivity index (χ1) is 10.7. The molecule has 0 radical (unpaired) electrons. The Balaban J connectivity index is 2.23. The molecule has 1 heterocycles. The SMILES string of the molecule is CCCCCCN(C(N)=O)c1nc2c(s1)C(C)(C)CC(C)(C)C2. The third-order valence-electron chi connectivity index (χ3n) is 4.60. The van der Waals surface area contributed by atoms with E-state index >= 15 is 0 Å². The summed E-state index contributed by atoms with van der Waals surface area (Å²) < 4.78 is 0. The summed E-state index contributed by atoms with van der Waals surface area (Å²) in [7, 11) is 0. The van der Waals surface area contributed by atoms with Gasteiger partial charge in [-0.3, -0.25) is 4.90 Å². The number of unbranched alkanes of at least 4 members (excludes halogenated alkanes) is 3. The molecule has 5 heteroatoms. The van der Waals surface area contributed by atoms with Crippen molar-refractivity contribution in [1.29, 1.82) is 0 Å². The Labute approximate surface area is 144 Å². The number of aromatic nitrogens is 1. The maximum Gasteiger partial charge on any atom is 0.321 e. The quantitative estimate of drug-likeness (QED) is 0.754. The number of carbonyl (C=O) groups excluding carboxylic acids is 1. The largest absolute Gasteiger partial charge is 0.351 e. The highest BCUT2D eigenvalue weighted by molar-refractivity contribution is 7.16. The highest BCUT2D eigenvalue weighted by Crippen LogP contribution is 2.49. The Kier molecular flexibility index (Phi) is 5.39. The minimum Gasteiger partial charge on any atom is -0.351 e. The van der Waals surface area contributed by atoms with E-state index in [1.807, 2.05) is 0 Å². The van der Waals surface area contributed by atoms with Crippen LogP contribution in [0.5, 0.6) is 0 Å². The Bertz CT molecular complexity index is 563. The van der Waals surface area contributed by atoms with E-state index in [1.165, 1.54) is 17.7 Å². The Morgan fingerprint density at radius 1 is 1.26 bits per heavy atom. The number of thiazole rings is 1. The van der Waals surface area contributed by atoms with Gasteiger partial charge in [0, 0.05) is 16.8 Å². The summed E-state index contributed by atoms with van der Waals surface area (Å²) in [5.74, 6) is 0. The maximum atomic E-state index is 11.9. The second-order valence-corrected chi connectivity index (χ2v) is 9.20. The van der Waals surface area contributed by atoms with Crippen LogP contribution >= 0.6 is 11.3 Å². The molecule has 130 valence electrons. The summed E-state index contributed by atoms with van der Waals surface area (Å²) in [6.45, 7) is 12.0. The van der Waals surface area contributed by atoms with Crippen molar-refractivity contribution in [3.05, 3.63) is 10.6 Å². The third-order valence-corrected chi connectivity index (χ3v) is 6.09. The van der Waals surface area contributed by atoms with Gasteiger partial charge in [-0.25, -0.2) is 9.78 Å². The van der Waals surface area contributed by atoms with Crippen LogP contribution in [-0.2, 0) is 11.8 Å². The van der Waals surface area contributed by atoms with Crippen LogP contribution in [0.4, 0.5) is 9.93 Å². The van der Waals surface area contributed by atoms with E-state index < -0.39 is 0 Å². The molecule has 0 spiro atoms. The summed E-state index contributed by atoms with van der Waals surface area (Å²) >= 11 is 1.66. The number of anilines is 1. The van der Waals surface area contributed by atoms with Crippen LogP contribution in [0.25, 0.3) is 0 Å². The minimum absolute atomic E-state index is 0.110. The standard InChI is InChI=1S/C18H31N3OS/c1-6-7-8-9-10-21(15(19)22)16-20-13-11-17(2,3)12-18(4,5)14(13)23-16/h6-12H2,1-5H3,(H2,19,22). The summed E-state index contributed by atoms with van der Waals surface area (Å²) in [5, 5.41) is 0.782. The Morgan fingerprint density at radius 3 is 2.57 bits per heavy atom. The molecule has 1 aliphatic carbocycles.